The van der Waals surface area contributed by atoms with Gasteiger partial charge in [0, 0.05) is 50.0 Å². The number of aldehydes is 1. The monoisotopic (exact) mass is 389 g/mol. The normalized spacial score (nSPS) is 11.5. The third kappa shape index (κ3) is 4.79. The quantitative estimate of drug-likeness (QED) is 0.733. The molecular formula is C10H12AcNO-. The second-order valence-corrected chi connectivity index (χ2v) is 3.01. The van der Waals surface area contributed by atoms with Gasteiger partial charge in [0.15, 0.2) is 0 Å². The van der Waals surface area contributed by atoms with E-state index in [4.69, 9.17) is 5.73 Å². The summed E-state index contributed by atoms with van der Waals surface area (Å²) < 4.78 is 0. The van der Waals surface area contributed by atoms with Gasteiger partial charge in [0.1, 0.15) is 6.29 Å². The molecule has 0 heterocycles. The van der Waals surface area contributed by atoms with Crippen molar-refractivity contribution in [3.8, 4) is 0 Å². The van der Waals surface area contributed by atoms with Crippen molar-refractivity contribution in [1.82, 2.24) is 0 Å². The fourth-order valence-electron chi connectivity index (χ4n) is 1.06. The average molecular weight is 389 g/mol. The molecule has 0 spiro atoms. The molecule has 1 N–H and O–H groups in total. The van der Waals surface area contributed by atoms with Gasteiger partial charge in [0.2, 0.25) is 0 Å². The van der Waals surface area contributed by atoms with Gasteiger partial charge < -0.3 is 10.5 Å². The van der Waals surface area contributed by atoms with Crippen LogP contribution in [-0.2, 0) is 11.2 Å². The zero-order valence-electron chi connectivity index (χ0n) is 7.66. The number of carbonyl (C=O) groups excluding carboxylic acids is 1. The van der Waals surface area contributed by atoms with Crippen LogP contribution in [0.25, 0.3) is 5.73 Å². The number of rotatable bonds is 3. The molecule has 0 saturated heterocycles. The van der Waals surface area contributed by atoms with Crippen LogP contribution < -0.4 is 0 Å². The summed E-state index contributed by atoms with van der Waals surface area (Å²) in [6, 6.07) is 7.27. The molecule has 1 aromatic rings. The summed E-state index contributed by atoms with van der Waals surface area (Å²) in [5.41, 5.74) is 8.88. The van der Waals surface area contributed by atoms with Crippen molar-refractivity contribution in [2.24, 2.45) is 5.92 Å². The molecule has 67 valence electrons. The van der Waals surface area contributed by atoms with E-state index in [0.717, 1.165) is 18.3 Å². The Kier molecular flexibility index (Phi) is 6.63. The smallest absolute Gasteiger partial charge is 0.123 e. The Morgan fingerprint density at radius 3 is 2.38 bits per heavy atom. The molecule has 3 heteroatoms. The van der Waals surface area contributed by atoms with Crippen LogP contribution in [0, 0.1) is 50.0 Å². The minimum absolute atomic E-state index is 0. The van der Waals surface area contributed by atoms with Crippen molar-refractivity contribution in [1.29, 1.82) is 0 Å². The summed E-state index contributed by atoms with van der Waals surface area (Å²) in [6.45, 7) is 1.89. The SMILES string of the molecule is CC(C=O)Cc1ccc([NH-])cc1.[Ac]. The standard InChI is InChI=1S/C10H12NO.Ac/c1-8(7-12)6-9-2-4-10(11)5-3-9;/h2-5,7-8,11H,6H2,1H3;/q-1;. The molecule has 0 aliphatic carbocycles. The molecule has 0 bridgehead atoms. The third-order valence-electron chi connectivity index (χ3n) is 1.74. The van der Waals surface area contributed by atoms with Gasteiger partial charge in [-0.2, -0.15) is 0 Å². The average Bonchev–Trinajstić information content (AvgIpc) is 2.09. The van der Waals surface area contributed by atoms with E-state index in [2.05, 4.69) is 0 Å². The Hall–Kier alpha value is 0.132. The second kappa shape index (κ2) is 6.57. The summed E-state index contributed by atoms with van der Waals surface area (Å²) >= 11 is 0. The first-order valence-electron chi connectivity index (χ1n) is 3.98. The zero-order chi connectivity index (χ0) is 8.97. The number of hydrogen-bond acceptors (Lipinski definition) is 1. The largest absolute Gasteiger partial charge is 0.699 e. The Morgan fingerprint density at radius 1 is 1.38 bits per heavy atom. The fourth-order valence-corrected chi connectivity index (χ4v) is 1.06. The summed E-state index contributed by atoms with van der Waals surface area (Å²) in [7, 11) is 0. The van der Waals surface area contributed by atoms with Gasteiger partial charge in [0.05, 0.1) is 0 Å². The molecule has 0 amide bonds. The van der Waals surface area contributed by atoms with Crippen molar-refractivity contribution in [3.05, 3.63) is 35.6 Å². The molecule has 1 aromatic carbocycles. The first-order valence-corrected chi connectivity index (χ1v) is 3.98. The van der Waals surface area contributed by atoms with Crippen molar-refractivity contribution in [3.63, 3.8) is 0 Å². The van der Waals surface area contributed by atoms with Crippen molar-refractivity contribution in [2.75, 3.05) is 0 Å². The van der Waals surface area contributed by atoms with E-state index in [1.54, 1.807) is 12.1 Å². The second-order valence-electron chi connectivity index (χ2n) is 3.01. The minimum Gasteiger partial charge on any atom is -0.699 e. The van der Waals surface area contributed by atoms with Crippen LogP contribution in [0.1, 0.15) is 12.5 Å². The molecular weight excluding hydrogens is 377 g/mol. The fraction of sp³-hybridized carbons (Fsp3) is 0.300. The predicted octanol–water partition coefficient (Wildman–Crippen LogP) is 2.75. The number of hydrogen-bond donors (Lipinski definition) is 0. The molecule has 13 heavy (non-hydrogen) atoms. The van der Waals surface area contributed by atoms with Crippen molar-refractivity contribution in [2.45, 2.75) is 13.3 Å². The summed E-state index contributed by atoms with van der Waals surface area (Å²) in [5.74, 6) is 0.0709. The van der Waals surface area contributed by atoms with Gasteiger partial charge in [-0.15, -0.1) is 5.69 Å². The van der Waals surface area contributed by atoms with Crippen LogP contribution in [0.4, 0.5) is 5.69 Å². The molecule has 1 unspecified atom stereocenters. The Labute approximate surface area is 114 Å². The van der Waals surface area contributed by atoms with Gasteiger partial charge in [0.25, 0.3) is 0 Å². The van der Waals surface area contributed by atoms with E-state index in [-0.39, 0.29) is 50.0 Å². The van der Waals surface area contributed by atoms with Crippen LogP contribution in [0.15, 0.2) is 24.3 Å². The van der Waals surface area contributed by atoms with Crippen LogP contribution in [-0.4, -0.2) is 6.29 Å². The van der Waals surface area contributed by atoms with Gasteiger partial charge in [-0.1, -0.05) is 31.2 Å². The maximum Gasteiger partial charge on any atom is 0.123 e. The molecule has 0 saturated carbocycles. The van der Waals surface area contributed by atoms with Crippen LogP contribution in [0.5, 0.6) is 0 Å². The first kappa shape index (κ1) is 13.1. The van der Waals surface area contributed by atoms with Crippen LogP contribution in [0.2, 0.25) is 0 Å². The minimum atomic E-state index is 0. The number of nitrogens with one attached hydrogen (secondary N) is 1. The topological polar surface area (TPSA) is 40.9 Å². The molecule has 1 rings (SSSR count). The first-order chi connectivity index (χ1) is 5.72. The molecule has 1 radical (unpaired) electrons. The molecule has 0 fully saturated rings. The molecule has 1 atom stereocenters. The van der Waals surface area contributed by atoms with Gasteiger partial charge in [-0.05, 0) is 12.0 Å². The van der Waals surface area contributed by atoms with Crippen molar-refractivity contribution < 1.29 is 48.9 Å². The Balaban J connectivity index is 0.00000144. The molecule has 2 nitrogen and oxygen atoms in total. The summed E-state index contributed by atoms with van der Waals surface area (Å²) in [6.07, 6.45) is 1.72. The van der Waals surface area contributed by atoms with E-state index < -0.39 is 0 Å². The predicted molar refractivity (Wildman–Crippen MR) is 49.4 cm³/mol. The third-order valence-corrected chi connectivity index (χ3v) is 1.74. The van der Waals surface area contributed by atoms with Gasteiger partial charge >= 0.3 is 0 Å². The molecule has 0 aromatic heterocycles. The molecule has 0 aliphatic rings. The zero-order valence-corrected chi connectivity index (χ0v) is 12.4. The Bertz CT molecular complexity index is 258. The van der Waals surface area contributed by atoms with Crippen LogP contribution >= 0.6 is 0 Å². The van der Waals surface area contributed by atoms with Crippen molar-refractivity contribution >= 4 is 12.0 Å². The van der Waals surface area contributed by atoms with Crippen LogP contribution in [0.3, 0.4) is 0 Å². The van der Waals surface area contributed by atoms with E-state index >= 15 is 0 Å². The van der Waals surface area contributed by atoms with E-state index in [9.17, 15) is 4.79 Å². The molecule has 0 aliphatic heterocycles. The maximum absolute atomic E-state index is 10.3. The number of benzene rings is 1. The van der Waals surface area contributed by atoms with Gasteiger partial charge in [-0.3, -0.25) is 0 Å². The summed E-state index contributed by atoms with van der Waals surface area (Å²) in [5, 5.41) is 0. The maximum atomic E-state index is 10.3. The van der Waals surface area contributed by atoms with E-state index in [1.165, 1.54) is 0 Å². The van der Waals surface area contributed by atoms with Gasteiger partial charge in [-0.25, -0.2) is 0 Å². The number of carbonyl (C=O) groups is 1. The van der Waals surface area contributed by atoms with E-state index in [1.807, 2.05) is 19.1 Å². The van der Waals surface area contributed by atoms with E-state index in [0.29, 0.717) is 5.69 Å². The summed E-state index contributed by atoms with van der Waals surface area (Å²) in [4.78, 5) is 10.3. The Morgan fingerprint density at radius 2 is 1.92 bits per heavy atom.